The lowest BCUT2D eigenvalue weighted by Crippen LogP contribution is -2.30. The highest BCUT2D eigenvalue weighted by Crippen LogP contribution is 2.16. The molecular weight excluding hydrogens is 901 g/mol. The molecule has 6 nitrogen and oxygen atoms in total. The van der Waals surface area contributed by atoms with E-state index in [0.29, 0.717) is 19.3 Å². The van der Waals surface area contributed by atoms with Crippen molar-refractivity contribution in [3.05, 3.63) is 97.2 Å². The van der Waals surface area contributed by atoms with Gasteiger partial charge in [-0.05, 0) is 96.3 Å². The first-order valence-electron chi connectivity index (χ1n) is 30.7. The summed E-state index contributed by atoms with van der Waals surface area (Å²) in [6.07, 6.45) is 81.6. The van der Waals surface area contributed by atoms with Gasteiger partial charge in [0, 0.05) is 19.3 Å². The summed E-state index contributed by atoms with van der Waals surface area (Å²) in [6, 6.07) is 0. The van der Waals surface area contributed by atoms with E-state index in [1.165, 1.54) is 154 Å². The molecule has 1 atom stereocenters. The van der Waals surface area contributed by atoms with Crippen molar-refractivity contribution in [2.75, 3.05) is 13.2 Å². The van der Waals surface area contributed by atoms with Gasteiger partial charge in [-0.25, -0.2) is 0 Å². The van der Waals surface area contributed by atoms with Crippen LogP contribution < -0.4 is 0 Å². The van der Waals surface area contributed by atoms with Crippen LogP contribution in [0, 0.1) is 0 Å². The molecule has 0 heterocycles. The van der Waals surface area contributed by atoms with E-state index in [9.17, 15) is 14.4 Å². The van der Waals surface area contributed by atoms with Crippen LogP contribution in [0.25, 0.3) is 0 Å². The Morgan fingerprint density at radius 3 is 0.890 bits per heavy atom. The predicted molar refractivity (Wildman–Crippen MR) is 316 cm³/mol. The van der Waals surface area contributed by atoms with E-state index >= 15 is 0 Å². The van der Waals surface area contributed by atoms with Gasteiger partial charge in [0.2, 0.25) is 0 Å². The molecule has 0 aromatic carbocycles. The van der Waals surface area contributed by atoms with E-state index in [-0.39, 0.29) is 37.5 Å². The molecule has 1 unspecified atom stereocenters. The maximum atomic E-state index is 12.8. The van der Waals surface area contributed by atoms with Crippen LogP contribution in [-0.2, 0) is 28.6 Å². The molecule has 0 N–H and O–H groups in total. The van der Waals surface area contributed by atoms with Crippen LogP contribution in [0.3, 0.4) is 0 Å². The summed E-state index contributed by atoms with van der Waals surface area (Å²) in [5, 5.41) is 0. The second-order valence-corrected chi connectivity index (χ2v) is 20.2. The van der Waals surface area contributed by atoms with Crippen molar-refractivity contribution in [3.8, 4) is 0 Å². The van der Waals surface area contributed by atoms with E-state index < -0.39 is 6.10 Å². The van der Waals surface area contributed by atoms with Gasteiger partial charge in [0.15, 0.2) is 6.10 Å². The molecule has 0 saturated carbocycles. The first-order chi connectivity index (χ1) is 36.0. The molecule has 0 spiro atoms. The van der Waals surface area contributed by atoms with Crippen molar-refractivity contribution in [1.29, 1.82) is 0 Å². The quantitative estimate of drug-likeness (QED) is 0.0261. The first-order valence-corrected chi connectivity index (χ1v) is 30.7. The lowest BCUT2D eigenvalue weighted by Gasteiger charge is -2.18. The van der Waals surface area contributed by atoms with E-state index in [0.717, 1.165) is 89.9 Å². The van der Waals surface area contributed by atoms with Gasteiger partial charge >= 0.3 is 17.9 Å². The molecule has 0 aliphatic carbocycles. The number of hydrogen-bond donors (Lipinski definition) is 0. The molecule has 73 heavy (non-hydrogen) atoms. The standard InChI is InChI=1S/C67H114O6/c1-4-7-10-13-16-18-20-22-24-26-28-30-32-33-35-36-38-40-42-44-46-48-51-54-57-60-66(69)72-63-64(62-71-65(68)59-56-53-50-15-12-9-6-3)73-67(70)61-58-55-52-49-47-45-43-41-39-37-34-31-29-27-25-23-21-19-17-14-11-8-5-2/h8,11,17,19,23,25-26,28-29,31,37,39,43,45,49,52,64H,4-7,9-10,12-16,18,20-22,24,27,30,32-36,38,40-42,44,46-48,50-51,53-63H2,1-3H3/b11-8-,19-17-,25-23-,28-26-,31-29-,39-37-,45-43-,52-49-. The maximum absolute atomic E-state index is 12.8. The molecule has 0 bridgehead atoms. The normalized spacial score (nSPS) is 12.8. The number of rotatable bonds is 55. The number of carbonyl (C=O) groups is 3. The van der Waals surface area contributed by atoms with Crippen LogP contribution in [0.2, 0.25) is 0 Å². The Morgan fingerprint density at radius 2 is 0.548 bits per heavy atom. The molecule has 418 valence electrons. The van der Waals surface area contributed by atoms with Gasteiger partial charge in [-0.1, -0.05) is 272 Å². The summed E-state index contributed by atoms with van der Waals surface area (Å²) in [6.45, 7) is 6.45. The SMILES string of the molecule is CC/C=C\C/C=C\C/C=C\C/C=C\C/C=C\C/C=C\C/C=C\CCCC(=O)OC(COC(=O)CCCCCCCCC)COC(=O)CCCCCCCCCCCCCCC/C=C\CCCCCCCCCC. The highest BCUT2D eigenvalue weighted by atomic mass is 16.6. The van der Waals surface area contributed by atoms with E-state index in [1.54, 1.807) is 0 Å². The highest BCUT2D eigenvalue weighted by molar-refractivity contribution is 5.71. The Hall–Kier alpha value is -3.67. The summed E-state index contributed by atoms with van der Waals surface area (Å²) >= 11 is 0. The van der Waals surface area contributed by atoms with Gasteiger partial charge in [0.25, 0.3) is 0 Å². The summed E-state index contributed by atoms with van der Waals surface area (Å²) in [5.74, 6) is -0.961. The van der Waals surface area contributed by atoms with Gasteiger partial charge in [0.1, 0.15) is 13.2 Å². The molecule has 0 rings (SSSR count). The Balaban J connectivity index is 4.24. The predicted octanol–water partition coefficient (Wildman–Crippen LogP) is 20.9. The molecule has 0 aromatic heterocycles. The van der Waals surface area contributed by atoms with E-state index in [2.05, 4.69) is 118 Å². The van der Waals surface area contributed by atoms with Crippen LogP contribution in [0.4, 0.5) is 0 Å². The van der Waals surface area contributed by atoms with Crippen LogP contribution in [0.15, 0.2) is 97.2 Å². The van der Waals surface area contributed by atoms with Crippen LogP contribution in [-0.4, -0.2) is 37.2 Å². The average molecular weight is 1020 g/mol. The largest absolute Gasteiger partial charge is 0.462 e. The van der Waals surface area contributed by atoms with Crippen LogP contribution in [0.1, 0.15) is 290 Å². The second kappa shape index (κ2) is 60.9. The van der Waals surface area contributed by atoms with Crippen molar-refractivity contribution in [1.82, 2.24) is 0 Å². The van der Waals surface area contributed by atoms with Crippen molar-refractivity contribution in [2.24, 2.45) is 0 Å². The van der Waals surface area contributed by atoms with Gasteiger partial charge in [-0.2, -0.15) is 0 Å². The highest BCUT2D eigenvalue weighted by Gasteiger charge is 2.19. The van der Waals surface area contributed by atoms with E-state index in [4.69, 9.17) is 14.2 Å². The molecule has 0 aliphatic rings. The number of esters is 3. The summed E-state index contributed by atoms with van der Waals surface area (Å²) in [5.41, 5.74) is 0. The Kier molecular flexibility index (Phi) is 57.8. The van der Waals surface area contributed by atoms with Crippen LogP contribution >= 0.6 is 0 Å². The minimum atomic E-state index is -0.806. The topological polar surface area (TPSA) is 78.9 Å². The van der Waals surface area contributed by atoms with Gasteiger partial charge in [-0.3, -0.25) is 14.4 Å². The zero-order valence-corrected chi connectivity index (χ0v) is 47.9. The molecule has 0 fully saturated rings. The van der Waals surface area contributed by atoms with Gasteiger partial charge < -0.3 is 14.2 Å². The fraction of sp³-hybridized carbons (Fsp3) is 0.716. The molecule has 0 radical (unpaired) electrons. The number of hydrogen-bond acceptors (Lipinski definition) is 6. The smallest absolute Gasteiger partial charge is 0.306 e. The summed E-state index contributed by atoms with van der Waals surface area (Å²) < 4.78 is 16.8. The minimum Gasteiger partial charge on any atom is -0.462 e. The number of allylic oxidation sites excluding steroid dienone is 16. The third kappa shape index (κ3) is 59.1. The molecular formula is C67H114O6. The second-order valence-electron chi connectivity index (χ2n) is 20.2. The zero-order valence-electron chi connectivity index (χ0n) is 47.9. The van der Waals surface area contributed by atoms with Crippen molar-refractivity contribution in [2.45, 2.75) is 297 Å². The fourth-order valence-electron chi connectivity index (χ4n) is 8.49. The average Bonchev–Trinajstić information content (AvgIpc) is 3.39. The molecule has 0 amide bonds. The van der Waals surface area contributed by atoms with Crippen molar-refractivity contribution < 1.29 is 28.6 Å². The molecule has 0 aliphatic heterocycles. The minimum absolute atomic E-state index is 0.0993. The fourth-order valence-corrected chi connectivity index (χ4v) is 8.49. The number of ether oxygens (including phenoxy) is 3. The number of carbonyl (C=O) groups excluding carboxylic acids is 3. The van der Waals surface area contributed by atoms with Gasteiger partial charge in [0.05, 0.1) is 0 Å². The molecule has 6 heteroatoms. The third-order valence-corrected chi connectivity index (χ3v) is 13.1. The van der Waals surface area contributed by atoms with Crippen molar-refractivity contribution in [3.63, 3.8) is 0 Å². The summed E-state index contributed by atoms with van der Waals surface area (Å²) in [4.78, 5) is 38.0. The summed E-state index contributed by atoms with van der Waals surface area (Å²) in [7, 11) is 0. The Labute approximate surface area is 451 Å². The third-order valence-electron chi connectivity index (χ3n) is 13.1. The lowest BCUT2D eigenvalue weighted by atomic mass is 10.0. The van der Waals surface area contributed by atoms with Gasteiger partial charge in [-0.15, -0.1) is 0 Å². The lowest BCUT2D eigenvalue weighted by molar-refractivity contribution is -0.167. The first kappa shape index (κ1) is 69.3. The van der Waals surface area contributed by atoms with E-state index in [1.807, 2.05) is 0 Å². The monoisotopic (exact) mass is 1010 g/mol. The molecule has 0 saturated heterocycles. The molecule has 0 aromatic rings. The zero-order chi connectivity index (χ0) is 52.9. The Bertz CT molecular complexity index is 1440. The maximum Gasteiger partial charge on any atom is 0.306 e. The van der Waals surface area contributed by atoms with Crippen LogP contribution in [0.5, 0.6) is 0 Å². The van der Waals surface area contributed by atoms with Crippen molar-refractivity contribution >= 4 is 17.9 Å². The number of unbranched alkanes of at least 4 members (excludes halogenated alkanes) is 28. The Morgan fingerprint density at radius 1 is 0.288 bits per heavy atom.